The first-order chi connectivity index (χ1) is 11.9. The van der Waals surface area contributed by atoms with E-state index in [0.29, 0.717) is 13.2 Å². The fourth-order valence-corrected chi connectivity index (χ4v) is 2.92. The van der Waals surface area contributed by atoms with Gasteiger partial charge in [-0.3, -0.25) is 4.79 Å². The summed E-state index contributed by atoms with van der Waals surface area (Å²) in [5.41, 5.74) is 0.562. The third kappa shape index (κ3) is 3.69. The standard InChI is InChI=1S/C17H20N4O4/c1-17(2)12-25-14(13-6-4-3-5-7-13)10-20(17)16(22)11-19-9-8-15(18-19)21(23)24/h3-9,14H,10-12H2,1-2H3. The van der Waals surface area contributed by atoms with Crippen LogP contribution in [0.3, 0.4) is 0 Å². The molecule has 1 unspecified atom stereocenters. The molecule has 1 fully saturated rings. The van der Waals surface area contributed by atoms with Crippen LogP contribution in [0.25, 0.3) is 0 Å². The van der Waals surface area contributed by atoms with Gasteiger partial charge in [-0.1, -0.05) is 30.3 Å². The van der Waals surface area contributed by atoms with E-state index in [1.807, 2.05) is 44.2 Å². The van der Waals surface area contributed by atoms with Crippen LogP contribution in [0, 0.1) is 10.1 Å². The Hall–Kier alpha value is -2.74. The van der Waals surface area contributed by atoms with E-state index >= 15 is 0 Å². The van der Waals surface area contributed by atoms with Crippen molar-refractivity contribution < 1.29 is 14.5 Å². The first-order valence-electron chi connectivity index (χ1n) is 8.02. The lowest BCUT2D eigenvalue weighted by Crippen LogP contribution is -2.57. The molecule has 1 aromatic heterocycles. The Labute approximate surface area is 145 Å². The van der Waals surface area contributed by atoms with Gasteiger partial charge in [0.2, 0.25) is 5.91 Å². The number of benzene rings is 1. The van der Waals surface area contributed by atoms with Crippen molar-refractivity contribution in [1.82, 2.24) is 14.7 Å². The second-order valence-electron chi connectivity index (χ2n) is 6.66. The minimum Gasteiger partial charge on any atom is -0.369 e. The summed E-state index contributed by atoms with van der Waals surface area (Å²) in [6.07, 6.45) is 1.25. The number of morpholine rings is 1. The Kier molecular flexibility index (Phi) is 4.54. The van der Waals surface area contributed by atoms with Gasteiger partial charge in [-0.25, -0.2) is 0 Å². The fraction of sp³-hybridized carbons (Fsp3) is 0.412. The molecule has 0 spiro atoms. The molecular weight excluding hydrogens is 324 g/mol. The van der Waals surface area contributed by atoms with Crippen molar-refractivity contribution in [2.24, 2.45) is 0 Å². The molecule has 0 N–H and O–H groups in total. The third-order valence-corrected chi connectivity index (χ3v) is 4.30. The third-order valence-electron chi connectivity index (χ3n) is 4.30. The van der Waals surface area contributed by atoms with Gasteiger partial charge in [0.05, 0.1) is 36.1 Å². The molecule has 1 amide bonds. The Morgan fingerprint density at radius 1 is 1.36 bits per heavy atom. The molecule has 2 heterocycles. The molecule has 132 valence electrons. The summed E-state index contributed by atoms with van der Waals surface area (Å²) in [4.78, 5) is 24.7. The predicted molar refractivity (Wildman–Crippen MR) is 89.8 cm³/mol. The Bertz CT molecular complexity index is 772. The molecule has 8 nitrogen and oxygen atoms in total. The second-order valence-corrected chi connectivity index (χ2v) is 6.66. The van der Waals surface area contributed by atoms with Crippen molar-refractivity contribution in [3.8, 4) is 0 Å². The Balaban J connectivity index is 1.75. The van der Waals surface area contributed by atoms with Crippen molar-refractivity contribution in [2.45, 2.75) is 32.0 Å². The normalized spacial score (nSPS) is 19.6. The monoisotopic (exact) mass is 344 g/mol. The minimum atomic E-state index is -0.578. The van der Waals surface area contributed by atoms with Crippen LogP contribution in [0.15, 0.2) is 42.6 Å². The first-order valence-corrected chi connectivity index (χ1v) is 8.02. The first kappa shape index (κ1) is 17.1. The van der Waals surface area contributed by atoms with Crippen molar-refractivity contribution >= 4 is 11.7 Å². The smallest absolute Gasteiger partial charge is 0.369 e. The highest BCUT2D eigenvalue weighted by Crippen LogP contribution is 2.30. The van der Waals surface area contributed by atoms with Crippen molar-refractivity contribution in [1.29, 1.82) is 0 Å². The van der Waals surface area contributed by atoms with Crippen LogP contribution in [0.5, 0.6) is 0 Å². The van der Waals surface area contributed by atoms with Crippen LogP contribution in [-0.2, 0) is 16.1 Å². The van der Waals surface area contributed by atoms with Gasteiger partial charge in [-0.15, -0.1) is 0 Å². The van der Waals surface area contributed by atoms with Crippen LogP contribution in [-0.4, -0.2) is 44.2 Å². The number of hydrogen-bond acceptors (Lipinski definition) is 5. The zero-order valence-corrected chi connectivity index (χ0v) is 14.2. The van der Waals surface area contributed by atoms with E-state index < -0.39 is 10.5 Å². The molecule has 1 aromatic carbocycles. The lowest BCUT2D eigenvalue weighted by molar-refractivity contribution is -0.389. The predicted octanol–water partition coefficient (Wildman–Crippen LogP) is 2.17. The topological polar surface area (TPSA) is 90.5 Å². The summed E-state index contributed by atoms with van der Waals surface area (Å²) in [5, 5.41) is 14.5. The quantitative estimate of drug-likeness (QED) is 0.626. The van der Waals surface area contributed by atoms with Crippen LogP contribution in [0.2, 0.25) is 0 Å². The average molecular weight is 344 g/mol. The highest BCUT2D eigenvalue weighted by molar-refractivity contribution is 5.77. The van der Waals surface area contributed by atoms with E-state index in [2.05, 4.69) is 5.10 Å². The SMILES string of the molecule is CC1(C)COC(c2ccccc2)CN1C(=O)Cn1ccc([N+](=O)[O-])n1. The number of carbonyl (C=O) groups is 1. The van der Waals surface area contributed by atoms with Crippen LogP contribution in [0.4, 0.5) is 5.82 Å². The average Bonchev–Trinajstić information content (AvgIpc) is 3.04. The highest BCUT2D eigenvalue weighted by atomic mass is 16.6. The molecule has 8 heteroatoms. The molecular formula is C17H20N4O4. The summed E-state index contributed by atoms with van der Waals surface area (Å²) < 4.78 is 7.24. The van der Waals surface area contributed by atoms with Crippen LogP contribution < -0.4 is 0 Å². The largest absolute Gasteiger partial charge is 0.389 e. The highest BCUT2D eigenvalue weighted by Gasteiger charge is 2.38. The summed E-state index contributed by atoms with van der Waals surface area (Å²) in [7, 11) is 0. The number of ether oxygens (including phenoxy) is 1. The molecule has 1 saturated heterocycles. The van der Waals surface area contributed by atoms with E-state index in [4.69, 9.17) is 4.74 Å². The van der Waals surface area contributed by atoms with Gasteiger partial charge < -0.3 is 19.8 Å². The maximum absolute atomic E-state index is 12.8. The molecule has 3 rings (SSSR count). The minimum absolute atomic E-state index is 0.0429. The fourth-order valence-electron chi connectivity index (χ4n) is 2.92. The van der Waals surface area contributed by atoms with Crippen LogP contribution >= 0.6 is 0 Å². The van der Waals surface area contributed by atoms with Gasteiger partial charge in [0.1, 0.15) is 12.6 Å². The van der Waals surface area contributed by atoms with E-state index in [9.17, 15) is 14.9 Å². The summed E-state index contributed by atoms with van der Waals surface area (Å²) in [5.74, 6) is -0.413. The van der Waals surface area contributed by atoms with Gasteiger partial charge in [0.25, 0.3) is 0 Å². The molecule has 1 aliphatic heterocycles. The van der Waals surface area contributed by atoms with Crippen LogP contribution in [0.1, 0.15) is 25.5 Å². The zero-order chi connectivity index (χ0) is 18.0. The number of hydrogen-bond donors (Lipinski definition) is 0. The lowest BCUT2D eigenvalue weighted by Gasteiger charge is -2.45. The molecule has 2 aromatic rings. The molecule has 25 heavy (non-hydrogen) atoms. The number of amides is 1. The van der Waals surface area contributed by atoms with Gasteiger partial charge in [-0.05, 0) is 24.3 Å². The molecule has 0 saturated carbocycles. The lowest BCUT2D eigenvalue weighted by atomic mass is 9.98. The molecule has 1 aliphatic rings. The Morgan fingerprint density at radius 2 is 2.08 bits per heavy atom. The number of rotatable bonds is 4. The van der Waals surface area contributed by atoms with E-state index in [1.165, 1.54) is 16.9 Å². The van der Waals surface area contributed by atoms with Gasteiger partial charge >= 0.3 is 5.82 Å². The van der Waals surface area contributed by atoms with Gasteiger partial charge in [0, 0.05) is 0 Å². The van der Waals surface area contributed by atoms with E-state index in [-0.39, 0.29) is 24.4 Å². The molecule has 1 atom stereocenters. The Morgan fingerprint density at radius 3 is 2.72 bits per heavy atom. The van der Waals surface area contributed by atoms with Crippen molar-refractivity contribution in [3.63, 3.8) is 0 Å². The maximum atomic E-state index is 12.8. The number of carbonyl (C=O) groups excluding carboxylic acids is 1. The molecule has 0 bridgehead atoms. The summed E-state index contributed by atoms with van der Waals surface area (Å²) in [6, 6.07) is 11.0. The number of nitro groups is 1. The van der Waals surface area contributed by atoms with Gasteiger partial charge in [-0.2, -0.15) is 4.68 Å². The molecule has 0 radical (unpaired) electrons. The van der Waals surface area contributed by atoms with E-state index in [1.54, 1.807) is 4.90 Å². The van der Waals surface area contributed by atoms with Crippen molar-refractivity contribution in [3.05, 3.63) is 58.3 Å². The van der Waals surface area contributed by atoms with Crippen molar-refractivity contribution in [2.75, 3.05) is 13.2 Å². The van der Waals surface area contributed by atoms with Gasteiger partial charge in [0.15, 0.2) is 0 Å². The number of aromatic nitrogens is 2. The summed E-state index contributed by atoms with van der Waals surface area (Å²) >= 11 is 0. The number of nitrogens with zero attached hydrogens (tertiary/aromatic N) is 4. The second kappa shape index (κ2) is 6.64. The maximum Gasteiger partial charge on any atom is 0.389 e. The zero-order valence-electron chi connectivity index (χ0n) is 14.2. The summed E-state index contributed by atoms with van der Waals surface area (Å²) in [6.45, 7) is 4.69. The molecule has 0 aliphatic carbocycles. The van der Waals surface area contributed by atoms with E-state index in [0.717, 1.165) is 5.56 Å².